The van der Waals surface area contributed by atoms with Crippen LogP contribution in [0.4, 0.5) is 8.78 Å². The fourth-order valence-electron chi connectivity index (χ4n) is 3.44. The summed E-state index contributed by atoms with van der Waals surface area (Å²) in [5, 5.41) is 0. The summed E-state index contributed by atoms with van der Waals surface area (Å²) < 4.78 is 53.7. The fourth-order valence-corrected chi connectivity index (χ4v) is 4.23. The van der Waals surface area contributed by atoms with Crippen molar-refractivity contribution in [1.82, 2.24) is 9.62 Å². The lowest BCUT2D eigenvalue weighted by molar-refractivity contribution is -0.133. The molecule has 0 bridgehead atoms. The molecule has 1 unspecified atom stereocenters. The topological polar surface area (TPSA) is 66.5 Å². The molecule has 0 fully saturated rings. The first-order valence-corrected chi connectivity index (χ1v) is 11.1. The maximum absolute atomic E-state index is 14.3. The molecule has 0 radical (unpaired) electrons. The van der Waals surface area contributed by atoms with Crippen LogP contribution >= 0.6 is 0 Å². The third-order valence-corrected chi connectivity index (χ3v) is 5.51. The molecule has 2 aromatic carbocycles. The van der Waals surface area contributed by atoms with Crippen molar-refractivity contribution < 1.29 is 22.0 Å². The highest BCUT2D eigenvalue weighted by atomic mass is 32.2. The minimum atomic E-state index is -3.59. The van der Waals surface area contributed by atoms with Gasteiger partial charge < -0.3 is 4.90 Å². The van der Waals surface area contributed by atoms with Crippen molar-refractivity contribution in [3.05, 3.63) is 77.4 Å². The molecule has 3 rings (SSSR count). The Hall–Kier alpha value is -2.58. The average Bonchev–Trinajstić information content (AvgIpc) is 3.12. The molecule has 29 heavy (non-hydrogen) atoms. The van der Waals surface area contributed by atoms with Crippen LogP contribution < -0.4 is 4.72 Å². The van der Waals surface area contributed by atoms with E-state index in [1.807, 2.05) is 30.3 Å². The Morgan fingerprint density at radius 2 is 1.90 bits per heavy atom. The third kappa shape index (κ3) is 4.89. The van der Waals surface area contributed by atoms with Crippen LogP contribution in [0.1, 0.15) is 30.5 Å². The van der Waals surface area contributed by atoms with Crippen molar-refractivity contribution in [3.8, 4) is 0 Å². The molecule has 5 nitrogen and oxygen atoms in total. The first kappa shape index (κ1) is 21.1. The smallest absolute Gasteiger partial charge is 0.241 e. The Labute approximate surface area is 169 Å². The third-order valence-electron chi connectivity index (χ3n) is 4.80. The highest BCUT2D eigenvalue weighted by molar-refractivity contribution is 7.88. The van der Waals surface area contributed by atoms with E-state index in [0.29, 0.717) is 5.57 Å². The standard InChI is InChI=1S/C21H22F2N2O3S/c1-3-19(24-29(2,27)28)21(26)25-13-15(17-12-16(22)9-10-18(17)23)11-20(25)14-7-5-4-6-8-14/h4-12,19-20,24H,3,13H2,1-2H3/t19-,20?/m0/s1. The Morgan fingerprint density at radius 1 is 1.21 bits per heavy atom. The van der Waals surface area contributed by atoms with Crippen LogP contribution in [0.2, 0.25) is 0 Å². The quantitative estimate of drug-likeness (QED) is 0.780. The molecule has 1 N–H and O–H groups in total. The Bertz CT molecular complexity index is 1040. The predicted octanol–water partition coefficient (Wildman–Crippen LogP) is 3.26. The van der Waals surface area contributed by atoms with Gasteiger partial charge in [-0.15, -0.1) is 0 Å². The van der Waals surface area contributed by atoms with Gasteiger partial charge in [-0.05, 0) is 35.8 Å². The van der Waals surface area contributed by atoms with Gasteiger partial charge in [-0.2, -0.15) is 0 Å². The second kappa shape index (κ2) is 8.42. The van der Waals surface area contributed by atoms with Crippen LogP contribution in [0.15, 0.2) is 54.6 Å². The molecule has 1 aliphatic rings. The van der Waals surface area contributed by atoms with E-state index in [9.17, 15) is 22.0 Å². The molecule has 0 saturated heterocycles. The Kier molecular flexibility index (Phi) is 6.14. The van der Waals surface area contributed by atoms with Crippen molar-refractivity contribution in [2.24, 2.45) is 0 Å². The van der Waals surface area contributed by atoms with Crippen LogP contribution in [0.5, 0.6) is 0 Å². The summed E-state index contributed by atoms with van der Waals surface area (Å²) >= 11 is 0. The van der Waals surface area contributed by atoms with Crippen molar-refractivity contribution >= 4 is 21.5 Å². The predicted molar refractivity (Wildman–Crippen MR) is 107 cm³/mol. The molecular weight excluding hydrogens is 398 g/mol. The Morgan fingerprint density at radius 3 is 2.52 bits per heavy atom. The summed E-state index contributed by atoms with van der Waals surface area (Å²) in [7, 11) is -3.59. The maximum Gasteiger partial charge on any atom is 0.241 e. The summed E-state index contributed by atoms with van der Waals surface area (Å²) in [6.45, 7) is 1.75. The normalized spacial score (nSPS) is 17.9. The first-order valence-electron chi connectivity index (χ1n) is 9.18. The van der Waals surface area contributed by atoms with Gasteiger partial charge in [0.2, 0.25) is 15.9 Å². The molecule has 0 saturated carbocycles. The number of rotatable bonds is 6. The lowest BCUT2D eigenvalue weighted by Gasteiger charge is -2.29. The zero-order chi connectivity index (χ0) is 21.2. The summed E-state index contributed by atoms with van der Waals surface area (Å²) in [6, 6.07) is 10.9. The molecule has 1 aliphatic heterocycles. The van der Waals surface area contributed by atoms with E-state index in [0.717, 1.165) is 30.0 Å². The van der Waals surface area contributed by atoms with E-state index in [1.165, 1.54) is 4.90 Å². The van der Waals surface area contributed by atoms with Crippen LogP contribution in [0.3, 0.4) is 0 Å². The molecule has 0 aliphatic carbocycles. The van der Waals surface area contributed by atoms with Gasteiger partial charge in [-0.25, -0.2) is 21.9 Å². The number of carbonyl (C=O) groups is 1. The van der Waals surface area contributed by atoms with Gasteiger partial charge in [0.1, 0.15) is 17.7 Å². The molecule has 154 valence electrons. The van der Waals surface area contributed by atoms with Gasteiger partial charge in [0.25, 0.3) is 0 Å². The van der Waals surface area contributed by atoms with Crippen molar-refractivity contribution in [3.63, 3.8) is 0 Å². The lowest BCUT2D eigenvalue weighted by atomic mass is 10.0. The second-order valence-corrected chi connectivity index (χ2v) is 8.77. The van der Waals surface area contributed by atoms with E-state index in [4.69, 9.17) is 0 Å². The van der Waals surface area contributed by atoms with Crippen LogP contribution in [-0.2, 0) is 14.8 Å². The van der Waals surface area contributed by atoms with E-state index in [-0.39, 0.29) is 18.5 Å². The van der Waals surface area contributed by atoms with Gasteiger partial charge in [-0.1, -0.05) is 43.3 Å². The lowest BCUT2D eigenvalue weighted by Crippen LogP contribution is -2.48. The molecule has 8 heteroatoms. The molecule has 2 atom stereocenters. The van der Waals surface area contributed by atoms with E-state index in [1.54, 1.807) is 13.0 Å². The largest absolute Gasteiger partial charge is 0.326 e. The van der Waals surface area contributed by atoms with E-state index in [2.05, 4.69) is 4.72 Å². The number of nitrogens with one attached hydrogen (secondary N) is 1. The SMILES string of the molecule is CC[C@H](NS(C)(=O)=O)C(=O)N1CC(c2cc(F)ccc2F)=CC1c1ccccc1. The van der Waals surface area contributed by atoms with Crippen LogP contribution in [-0.4, -0.2) is 38.1 Å². The summed E-state index contributed by atoms with van der Waals surface area (Å²) in [5.74, 6) is -1.58. The van der Waals surface area contributed by atoms with Gasteiger partial charge in [0, 0.05) is 12.1 Å². The molecule has 1 amide bonds. The average molecular weight is 420 g/mol. The number of amides is 1. The number of benzene rings is 2. The summed E-state index contributed by atoms with van der Waals surface area (Å²) in [6.07, 6.45) is 2.97. The number of carbonyl (C=O) groups excluding carboxylic acids is 1. The number of hydrogen-bond donors (Lipinski definition) is 1. The molecule has 0 aromatic heterocycles. The maximum atomic E-state index is 14.3. The van der Waals surface area contributed by atoms with Gasteiger partial charge in [0.15, 0.2) is 0 Å². The van der Waals surface area contributed by atoms with Crippen LogP contribution in [0.25, 0.3) is 5.57 Å². The highest BCUT2D eigenvalue weighted by Gasteiger charge is 2.35. The number of nitrogens with zero attached hydrogens (tertiary/aromatic N) is 1. The molecule has 2 aromatic rings. The minimum absolute atomic E-state index is 0.0424. The van der Waals surface area contributed by atoms with E-state index >= 15 is 0 Å². The summed E-state index contributed by atoms with van der Waals surface area (Å²) in [4.78, 5) is 14.7. The zero-order valence-corrected chi connectivity index (χ0v) is 16.9. The first-order chi connectivity index (χ1) is 13.7. The van der Waals surface area contributed by atoms with Gasteiger partial charge >= 0.3 is 0 Å². The highest BCUT2D eigenvalue weighted by Crippen LogP contribution is 2.36. The molecule has 1 heterocycles. The van der Waals surface area contributed by atoms with E-state index < -0.39 is 39.6 Å². The molecule has 0 spiro atoms. The fraction of sp³-hybridized carbons (Fsp3) is 0.286. The minimum Gasteiger partial charge on any atom is -0.326 e. The van der Waals surface area contributed by atoms with Gasteiger partial charge in [-0.3, -0.25) is 4.79 Å². The summed E-state index contributed by atoms with van der Waals surface area (Å²) in [5.41, 5.74) is 1.35. The van der Waals surface area contributed by atoms with Crippen LogP contribution in [0, 0.1) is 11.6 Å². The van der Waals surface area contributed by atoms with Crippen molar-refractivity contribution in [2.75, 3.05) is 12.8 Å². The molecular formula is C21H22F2N2O3S. The number of sulfonamides is 1. The van der Waals surface area contributed by atoms with Crippen molar-refractivity contribution in [1.29, 1.82) is 0 Å². The number of halogens is 2. The monoisotopic (exact) mass is 420 g/mol. The number of hydrogen-bond acceptors (Lipinski definition) is 3. The second-order valence-electron chi connectivity index (χ2n) is 6.99. The zero-order valence-electron chi connectivity index (χ0n) is 16.1. The van der Waals surface area contributed by atoms with Gasteiger partial charge in [0.05, 0.1) is 12.3 Å². The van der Waals surface area contributed by atoms with Crippen molar-refractivity contribution in [2.45, 2.75) is 25.4 Å². The Balaban J connectivity index is 2.00.